The number of rotatable bonds is 0. The van der Waals surface area contributed by atoms with Gasteiger partial charge in [-0.3, -0.25) is 14.4 Å². The topological polar surface area (TPSA) is 126 Å². The molecule has 11 heteroatoms. The van der Waals surface area contributed by atoms with Crippen LogP contribution in [0.5, 0.6) is 0 Å². The molecule has 9 nitrogen and oxygen atoms in total. The van der Waals surface area contributed by atoms with E-state index < -0.39 is 0 Å². The zero-order chi connectivity index (χ0) is 25.6. The van der Waals surface area contributed by atoms with Crippen LogP contribution < -0.4 is 67.3 Å². The average molecular weight is 602 g/mol. The molecule has 0 aromatic carbocycles. The van der Waals surface area contributed by atoms with Crippen molar-refractivity contribution in [3.05, 3.63) is 70.1 Å². The fraction of sp³-hybridized carbons (Fsp3) is 0.333. The summed E-state index contributed by atoms with van der Waals surface area (Å²) in [7, 11) is 0. The summed E-state index contributed by atoms with van der Waals surface area (Å²) in [4.78, 5) is 46.6. The molecule has 2 saturated carbocycles. The van der Waals surface area contributed by atoms with Crippen LogP contribution in [-0.2, 0) is 31.6 Å². The molecule has 0 atom stereocenters. The second-order valence-corrected chi connectivity index (χ2v) is 10.9. The molecule has 2 spiro atoms. The molecule has 3 aromatic rings. The van der Waals surface area contributed by atoms with E-state index in [1.54, 1.807) is 18.6 Å². The zero-order valence-electron chi connectivity index (χ0n) is 22.0. The van der Waals surface area contributed by atoms with Crippen LogP contribution in [0.2, 0.25) is 0 Å². The normalized spacial score (nSPS) is 19.4. The van der Waals surface area contributed by atoms with Crippen molar-refractivity contribution in [1.29, 1.82) is 0 Å². The molecular weight excluding hydrogens is 575 g/mol. The molecule has 0 saturated heterocycles. The standard InChI is InChI=1S/C10H9BrN2O.C10H10N2O.C7H6N2O.K.H/c11-6-4-7-8(12-5-6)13-9(14)10(7)2-1-3-10;13-9-10(4-2-5-10)7-3-1-6-11-8(7)12-9;10-6-4-5-2-1-3-8-7(5)9-6;;/h4-5H,1-3H2,(H,12,13,14);1,3,6H,2,4-5H2,(H,11,12,13);1-3H,4H2,(H,8,9,10);;/q;;;+1;-1. The Morgan fingerprint density at radius 1 is 0.763 bits per heavy atom. The summed E-state index contributed by atoms with van der Waals surface area (Å²) >= 11 is 3.39. The minimum atomic E-state index is -0.244. The maximum Gasteiger partial charge on any atom is 1.00 e. The number of carbonyl (C=O) groups excluding carboxylic acids is 3. The Balaban J connectivity index is 0.000000134. The Kier molecular flexibility index (Phi) is 7.87. The van der Waals surface area contributed by atoms with Crippen LogP contribution in [0.25, 0.3) is 0 Å². The van der Waals surface area contributed by atoms with Gasteiger partial charge in [0.15, 0.2) is 0 Å². The van der Waals surface area contributed by atoms with E-state index in [4.69, 9.17) is 0 Å². The van der Waals surface area contributed by atoms with Crippen molar-refractivity contribution in [3.8, 4) is 0 Å². The summed E-state index contributed by atoms with van der Waals surface area (Å²) in [5.74, 6) is 2.54. The van der Waals surface area contributed by atoms with Gasteiger partial charge in [0.2, 0.25) is 17.7 Å². The predicted molar refractivity (Wildman–Crippen MR) is 142 cm³/mol. The van der Waals surface area contributed by atoms with Gasteiger partial charge in [-0.15, -0.1) is 0 Å². The van der Waals surface area contributed by atoms with Crippen LogP contribution in [0.4, 0.5) is 17.5 Å². The van der Waals surface area contributed by atoms with E-state index in [0.29, 0.717) is 12.2 Å². The van der Waals surface area contributed by atoms with Crippen molar-refractivity contribution in [3.63, 3.8) is 0 Å². The number of hydrogen-bond acceptors (Lipinski definition) is 6. The van der Waals surface area contributed by atoms with Crippen LogP contribution in [0.3, 0.4) is 0 Å². The molecule has 5 aliphatic rings. The van der Waals surface area contributed by atoms with E-state index >= 15 is 0 Å². The monoisotopic (exact) mass is 600 g/mol. The number of nitrogens with zero attached hydrogens (tertiary/aromatic N) is 3. The first-order valence-corrected chi connectivity index (χ1v) is 13.2. The third kappa shape index (κ3) is 4.67. The molecular formula is C27H26BrKN6O3. The number of anilines is 3. The van der Waals surface area contributed by atoms with Gasteiger partial charge in [0.05, 0.1) is 17.3 Å². The van der Waals surface area contributed by atoms with Gasteiger partial charge in [-0.2, -0.15) is 0 Å². The maximum atomic E-state index is 11.8. The number of halogens is 1. The van der Waals surface area contributed by atoms with Crippen LogP contribution in [-0.4, -0.2) is 32.7 Å². The third-order valence-corrected chi connectivity index (χ3v) is 8.37. The maximum absolute atomic E-state index is 11.8. The minimum absolute atomic E-state index is 0. The number of aromatic nitrogens is 3. The number of pyridine rings is 3. The van der Waals surface area contributed by atoms with Crippen molar-refractivity contribution in [1.82, 2.24) is 15.0 Å². The molecule has 3 aliphatic heterocycles. The first-order valence-electron chi connectivity index (χ1n) is 12.4. The molecule has 190 valence electrons. The molecule has 3 amide bonds. The summed E-state index contributed by atoms with van der Waals surface area (Å²) in [6.45, 7) is 0. The summed E-state index contributed by atoms with van der Waals surface area (Å²) in [5, 5.41) is 8.33. The average Bonchev–Trinajstić information content (AvgIpc) is 3.45. The Morgan fingerprint density at radius 3 is 1.95 bits per heavy atom. The zero-order valence-corrected chi connectivity index (χ0v) is 25.7. The molecule has 6 heterocycles. The van der Waals surface area contributed by atoms with Gasteiger partial charge in [-0.1, -0.05) is 25.0 Å². The first kappa shape index (κ1) is 27.5. The number of fused-ring (bicyclic) bond motifs is 5. The Hall–Kier alpha value is -2.02. The van der Waals surface area contributed by atoms with Gasteiger partial charge in [-0.25, -0.2) is 15.0 Å². The van der Waals surface area contributed by atoms with Gasteiger partial charge >= 0.3 is 51.4 Å². The van der Waals surface area contributed by atoms with Crippen LogP contribution in [0.1, 0.15) is 56.6 Å². The van der Waals surface area contributed by atoms with E-state index in [-0.39, 0.29) is 81.4 Å². The number of nitrogens with one attached hydrogen (secondary N) is 3. The van der Waals surface area contributed by atoms with Crippen molar-refractivity contribution in [2.24, 2.45) is 0 Å². The third-order valence-electron chi connectivity index (χ3n) is 7.94. The SMILES string of the molecule is O=C1Cc2cccnc2N1.O=C1Nc2ncc(Br)cc2C12CCC2.O=C1Nc2ncccc2C12CCC2.[H-].[K+]. The van der Waals surface area contributed by atoms with E-state index in [0.717, 1.165) is 71.3 Å². The van der Waals surface area contributed by atoms with Crippen LogP contribution in [0, 0.1) is 0 Å². The molecule has 8 rings (SSSR count). The quantitative estimate of drug-likeness (QED) is 0.335. The molecule has 3 aromatic heterocycles. The first-order chi connectivity index (χ1) is 17.9. The Bertz CT molecular complexity index is 1420. The molecule has 0 unspecified atom stereocenters. The number of amides is 3. The van der Waals surface area contributed by atoms with E-state index in [1.165, 1.54) is 0 Å². The molecule has 38 heavy (non-hydrogen) atoms. The van der Waals surface area contributed by atoms with Crippen molar-refractivity contribution in [2.45, 2.75) is 55.8 Å². The fourth-order valence-electron chi connectivity index (χ4n) is 5.59. The fourth-order valence-corrected chi connectivity index (χ4v) is 5.92. The predicted octanol–water partition coefficient (Wildman–Crippen LogP) is 1.37. The molecule has 2 aliphatic carbocycles. The second kappa shape index (κ2) is 10.9. The number of carbonyl (C=O) groups is 3. The van der Waals surface area contributed by atoms with Crippen molar-refractivity contribution < 1.29 is 67.2 Å². The van der Waals surface area contributed by atoms with Gasteiger partial charge in [0, 0.05) is 39.8 Å². The van der Waals surface area contributed by atoms with Gasteiger partial charge in [-0.05, 0) is 59.8 Å². The van der Waals surface area contributed by atoms with E-state index in [2.05, 4.69) is 46.8 Å². The Labute approximate surface area is 272 Å². The van der Waals surface area contributed by atoms with E-state index in [1.807, 2.05) is 30.3 Å². The number of hydrogen-bond donors (Lipinski definition) is 3. The summed E-state index contributed by atoms with van der Waals surface area (Å²) in [5.41, 5.74) is 2.72. The van der Waals surface area contributed by atoms with E-state index in [9.17, 15) is 14.4 Å². The second-order valence-electron chi connectivity index (χ2n) is 9.96. The van der Waals surface area contributed by atoms with Gasteiger partial charge < -0.3 is 17.4 Å². The molecule has 2 fully saturated rings. The smallest absolute Gasteiger partial charge is 1.00 e. The van der Waals surface area contributed by atoms with Gasteiger partial charge in [0.25, 0.3) is 0 Å². The largest absolute Gasteiger partial charge is 1.00 e. The Morgan fingerprint density at radius 2 is 1.34 bits per heavy atom. The summed E-state index contributed by atoms with van der Waals surface area (Å²) in [6, 6.07) is 9.66. The summed E-state index contributed by atoms with van der Waals surface area (Å²) in [6.07, 6.45) is 11.8. The minimum Gasteiger partial charge on any atom is -1.00 e. The van der Waals surface area contributed by atoms with Crippen molar-refractivity contribution in [2.75, 3.05) is 16.0 Å². The van der Waals surface area contributed by atoms with Crippen LogP contribution >= 0.6 is 15.9 Å². The van der Waals surface area contributed by atoms with Crippen molar-refractivity contribution >= 4 is 51.1 Å². The van der Waals surface area contributed by atoms with Gasteiger partial charge in [0.1, 0.15) is 17.5 Å². The summed E-state index contributed by atoms with van der Waals surface area (Å²) < 4.78 is 0.944. The van der Waals surface area contributed by atoms with Crippen LogP contribution in [0.15, 0.2) is 53.4 Å². The molecule has 0 radical (unpaired) electrons. The molecule has 0 bridgehead atoms. The molecule has 3 N–H and O–H groups in total.